The van der Waals surface area contributed by atoms with E-state index in [1.807, 2.05) is 6.92 Å². The number of amides is 2. The van der Waals surface area contributed by atoms with Gasteiger partial charge in [-0.15, -0.1) is 0 Å². The van der Waals surface area contributed by atoms with E-state index < -0.39 is 15.9 Å². The zero-order valence-electron chi connectivity index (χ0n) is 15.5. The third kappa shape index (κ3) is 5.63. The maximum absolute atomic E-state index is 12.7. The second-order valence-electron chi connectivity index (χ2n) is 6.05. The number of anilines is 2. The van der Waals surface area contributed by atoms with E-state index in [0.29, 0.717) is 11.4 Å². The zero-order valence-corrected chi connectivity index (χ0v) is 16.3. The first-order chi connectivity index (χ1) is 12.7. The minimum atomic E-state index is -3.75. The Labute approximate surface area is 159 Å². The van der Waals surface area contributed by atoms with Gasteiger partial charge in [0.2, 0.25) is 21.8 Å². The Hall–Kier alpha value is -2.71. The van der Waals surface area contributed by atoms with Crippen molar-refractivity contribution >= 4 is 33.2 Å². The van der Waals surface area contributed by atoms with Crippen molar-refractivity contribution in [1.82, 2.24) is 4.31 Å². The summed E-state index contributed by atoms with van der Waals surface area (Å²) in [5, 5.41) is 5.29. The van der Waals surface area contributed by atoms with Gasteiger partial charge in [-0.05, 0) is 43.3 Å². The Morgan fingerprint density at radius 1 is 0.926 bits per heavy atom. The number of nitrogens with one attached hydrogen (secondary N) is 2. The third-order valence-corrected chi connectivity index (χ3v) is 5.76. The van der Waals surface area contributed by atoms with Crippen LogP contribution in [0.1, 0.15) is 19.4 Å². The summed E-state index contributed by atoms with van der Waals surface area (Å²) in [5.74, 6) is -0.633. The van der Waals surface area contributed by atoms with Crippen LogP contribution < -0.4 is 10.6 Å². The molecule has 2 N–H and O–H groups in total. The molecule has 0 unspecified atom stereocenters. The first-order valence-electron chi connectivity index (χ1n) is 8.46. The molecule has 0 aliphatic carbocycles. The predicted molar refractivity (Wildman–Crippen MR) is 105 cm³/mol. The van der Waals surface area contributed by atoms with Gasteiger partial charge in [0.05, 0.1) is 11.4 Å². The Bertz CT molecular complexity index is 907. The van der Waals surface area contributed by atoms with Gasteiger partial charge in [0.15, 0.2) is 0 Å². The summed E-state index contributed by atoms with van der Waals surface area (Å²) >= 11 is 0. The van der Waals surface area contributed by atoms with Crippen molar-refractivity contribution in [3.63, 3.8) is 0 Å². The molecule has 0 aliphatic rings. The predicted octanol–water partition coefficient (Wildman–Crippen LogP) is 2.60. The van der Waals surface area contributed by atoms with Crippen molar-refractivity contribution in [2.24, 2.45) is 0 Å². The smallest absolute Gasteiger partial charge is 0.243 e. The fourth-order valence-corrected chi connectivity index (χ4v) is 3.83. The van der Waals surface area contributed by atoms with E-state index in [1.54, 1.807) is 43.3 Å². The van der Waals surface area contributed by atoms with Crippen LogP contribution in [0.25, 0.3) is 0 Å². The highest BCUT2D eigenvalue weighted by atomic mass is 32.2. The number of carbonyl (C=O) groups is 2. The summed E-state index contributed by atoms with van der Waals surface area (Å²) in [5.41, 5.74) is 2.08. The van der Waals surface area contributed by atoms with Crippen LogP contribution in [-0.2, 0) is 19.6 Å². The monoisotopic (exact) mass is 389 g/mol. The second kappa shape index (κ2) is 8.79. The van der Waals surface area contributed by atoms with Crippen molar-refractivity contribution in [1.29, 1.82) is 0 Å². The maximum Gasteiger partial charge on any atom is 0.243 e. The van der Waals surface area contributed by atoms with Crippen LogP contribution in [-0.4, -0.2) is 37.6 Å². The third-order valence-electron chi connectivity index (χ3n) is 3.82. The van der Waals surface area contributed by atoms with Crippen molar-refractivity contribution in [2.75, 3.05) is 23.7 Å². The zero-order chi connectivity index (χ0) is 20.0. The molecule has 2 aromatic rings. The molecule has 27 heavy (non-hydrogen) atoms. The SMILES string of the molecule is CCN(CC(=O)Nc1ccc(NC(C)=O)cc1)S(=O)(=O)c1ccc(C)cc1. The number of aryl methyl sites for hydroxylation is 1. The van der Waals surface area contributed by atoms with Crippen LogP contribution in [0, 0.1) is 6.92 Å². The molecule has 0 bridgehead atoms. The second-order valence-corrected chi connectivity index (χ2v) is 7.99. The van der Waals surface area contributed by atoms with Crippen LogP contribution >= 0.6 is 0 Å². The highest BCUT2D eigenvalue weighted by Gasteiger charge is 2.25. The fraction of sp³-hybridized carbons (Fsp3) is 0.263. The van der Waals surface area contributed by atoms with E-state index in [1.165, 1.54) is 19.1 Å². The number of carbonyl (C=O) groups excluding carboxylic acids is 2. The van der Waals surface area contributed by atoms with Gasteiger partial charge < -0.3 is 10.6 Å². The molecule has 0 saturated heterocycles. The number of rotatable bonds is 7. The molecule has 2 rings (SSSR count). The minimum Gasteiger partial charge on any atom is -0.326 e. The van der Waals surface area contributed by atoms with Crippen molar-refractivity contribution < 1.29 is 18.0 Å². The molecular weight excluding hydrogens is 366 g/mol. The minimum absolute atomic E-state index is 0.155. The van der Waals surface area contributed by atoms with E-state index >= 15 is 0 Å². The molecule has 0 spiro atoms. The number of likely N-dealkylation sites (N-methyl/N-ethyl adjacent to an activating group) is 1. The molecule has 0 aliphatic heterocycles. The molecule has 0 fully saturated rings. The van der Waals surface area contributed by atoms with Gasteiger partial charge in [-0.25, -0.2) is 8.42 Å². The first kappa shape index (κ1) is 20.6. The lowest BCUT2D eigenvalue weighted by atomic mass is 10.2. The van der Waals surface area contributed by atoms with Crippen molar-refractivity contribution in [3.05, 3.63) is 54.1 Å². The largest absolute Gasteiger partial charge is 0.326 e. The van der Waals surface area contributed by atoms with E-state index in [4.69, 9.17) is 0 Å². The first-order valence-corrected chi connectivity index (χ1v) is 9.90. The van der Waals surface area contributed by atoms with E-state index in [-0.39, 0.29) is 23.9 Å². The molecule has 2 aromatic carbocycles. The normalized spacial score (nSPS) is 11.3. The number of hydrogen-bond donors (Lipinski definition) is 2. The molecular formula is C19H23N3O4S. The van der Waals surface area contributed by atoms with Gasteiger partial charge in [0.1, 0.15) is 0 Å². The maximum atomic E-state index is 12.7. The molecule has 0 heterocycles. The van der Waals surface area contributed by atoms with Gasteiger partial charge in [-0.3, -0.25) is 9.59 Å². The lowest BCUT2D eigenvalue weighted by Gasteiger charge is -2.20. The average molecular weight is 389 g/mol. The molecule has 0 atom stereocenters. The molecule has 0 saturated carbocycles. The van der Waals surface area contributed by atoms with E-state index in [0.717, 1.165) is 9.87 Å². The Morgan fingerprint density at radius 2 is 1.44 bits per heavy atom. The molecule has 144 valence electrons. The molecule has 0 radical (unpaired) electrons. The van der Waals surface area contributed by atoms with Crippen molar-refractivity contribution in [2.45, 2.75) is 25.7 Å². The Kier molecular flexibility index (Phi) is 6.70. The lowest BCUT2D eigenvalue weighted by Crippen LogP contribution is -2.37. The quantitative estimate of drug-likeness (QED) is 0.761. The number of sulfonamides is 1. The van der Waals surface area contributed by atoms with Crippen LogP contribution in [0.2, 0.25) is 0 Å². The Balaban J connectivity index is 2.06. The van der Waals surface area contributed by atoms with Crippen LogP contribution in [0.4, 0.5) is 11.4 Å². The van der Waals surface area contributed by atoms with Gasteiger partial charge in [0.25, 0.3) is 0 Å². The van der Waals surface area contributed by atoms with Crippen LogP contribution in [0.15, 0.2) is 53.4 Å². The lowest BCUT2D eigenvalue weighted by molar-refractivity contribution is -0.116. The summed E-state index contributed by atoms with van der Waals surface area (Å²) in [7, 11) is -3.75. The van der Waals surface area contributed by atoms with Gasteiger partial charge in [-0.1, -0.05) is 24.6 Å². The van der Waals surface area contributed by atoms with Crippen LogP contribution in [0.3, 0.4) is 0 Å². The highest BCUT2D eigenvalue weighted by Crippen LogP contribution is 2.17. The molecule has 7 nitrogen and oxygen atoms in total. The molecule has 8 heteroatoms. The van der Waals surface area contributed by atoms with Gasteiger partial charge in [0, 0.05) is 24.8 Å². The van der Waals surface area contributed by atoms with Gasteiger partial charge >= 0.3 is 0 Å². The van der Waals surface area contributed by atoms with Crippen LogP contribution in [0.5, 0.6) is 0 Å². The fourth-order valence-electron chi connectivity index (χ4n) is 2.43. The van der Waals surface area contributed by atoms with Gasteiger partial charge in [-0.2, -0.15) is 4.31 Å². The summed E-state index contributed by atoms with van der Waals surface area (Å²) in [6.07, 6.45) is 0. The van der Waals surface area contributed by atoms with E-state index in [9.17, 15) is 18.0 Å². The van der Waals surface area contributed by atoms with E-state index in [2.05, 4.69) is 10.6 Å². The van der Waals surface area contributed by atoms with Crippen molar-refractivity contribution in [3.8, 4) is 0 Å². The summed E-state index contributed by atoms with van der Waals surface area (Å²) in [4.78, 5) is 23.5. The molecule has 0 aromatic heterocycles. The highest BCUT2D eigenvalue weighted by molar-refractivity contribution is 7.89. The standard InChI is InChI=1S/C19H23N3O4S/c1-4-22(27(25,26)18-11-5-14(2)6-12-18)13-19(24)21-17-9-7-16(8-10-17)20-15(3)23/h5-12H,4,13H2,1-3H3,(H,20,23)(H,21,24). The number of nitrogens with zero attached hydrogens (tertiary/aromatic N) is 1. The summed E-state index contributed by atoms with van der Waals surface area (Å²) < 4.78 is 26.6. The Morgan fingerprint density at radius 3 is 1.93 bits per heavy atom. The number of hydrogen-bond acceptors (Lipinski definition) is 4. The topological polar surface area (TPSA) is 95.6 Å². The summed E-state index contributed by atoms with van der Waals surface area (Å²) in [6, 6.07) is 13.1. The summed E-state index contributed by atoms with van der Waals surface area (Å²) in [6.45, 7) is 4.84. The molecule has 2 amide bonds. The average Bonchev–Trinajstić information content (AvgIpc) is 2.61. The number of benzene rings is 2.